The molecule has 1 aromatic heterocycles. The number of aromatic amines is 1. The van der Waals surface area contributed by atoms with Gasteiger partial charge in [0, 0.05) is 35.3 Å². The largest absolute Gasteiger partial charge is 0.512 e. The van der Waals surface area contributed by atoms with Gasteiger partial charge < -0.3 is 15.2 Å². The van der Waals surface area contributed by atoms with E-state index in [1.54, 1.807) is 0 Å². The molecule has 1 aliphatic heterocycles. The van der Waals surface area contributed by atoms with E-state index < -0.39 is 0 Å². The summed E-state index contributed by atoms with van der Waals surface area (Å²) in [5.41, 5.74) is 4.36. The first-order chi connectivity index (χ1) is 9.70. The molecule has 4 heteroatoms. The molecule has 0 bridgehead atoms. The van der Waals surface area contributed by atoms with Crippen LogP contribution in [-0.2, 0) is 6.42 Å². The molecule has 3 N–H and O–H groups in total. The molecule has 4 nitrogen and oxygen atoms in total. The van der Waals surface area contributed by atoms with Crippen LogP contribution in [-0.4, -0.2) is 46.3 Å². The number of aliphatic hydroxyl groups excluding tert-OH is 2. The molecule has 4 rings (SSSR count). The summed E-state index contributed by atoms with van der Waals surface area (Å²) >= 11 is 0. The highest BCUT2D eigenvalue weighted by atomic mass is 16.3. The Hall–Kier alpha value is -1.78. The van der Waals surface area contributed by atoms with Crippen LogP contribution in [0.4, 0.5) is 0 Å². The molecule has 2 atom stereocenters. The number of nitrogens with one attached hydrogen (secondary N) is 1. The van der Waals surface area contributed by atoms with Gasteiger partial charge in [0.05, 0.1) is 12.5 Å². The number of hydrogen-bond acceptors (Lipinski definition) is 3. The quantitative estimate of drug-likeness (QED) is 0.742. The molecule has 1 aromatic carbocycles. The molecule has 20 heavy (non-hydrogen) atoms. The van der Waals surface area contributed by atoms with Crippen LogP contribution in [0.2, 0.25) is 0 Å². The molecule has 0 saturated carbocycles. The second kappa shape index (κ2) is 4.11. The molecule has 2 heterocycles. The lowest BCUT2D eigenvalue weighted by atomic mass is 9.75. The first kappa shape index (κ1) is 12.0. The second-order valence-corrected chi connectivity index (χ2v) is 5.89. The Morgan fingerprint density at radius 2 is 2.25 bits per heavy atom. The Morgan fingerprint density at radius 3 is 3.05 bits per heavy atom. The summed E-state index contributed by atoms with van der Waals surface area (Å²) in [5, 5.41) is 21.3. The summed E-state index contributed by atoms with van der Waals surface area (Å²) in [7, 11) is 2.07. The van der Waals surface area contributed by atoms with Gasteiger partial charge in [-0.15, -0.1) is 0 Å². The van der Waals surface area contributed by atoms with Crippen molar-refractivity contribution in [3.63, 3.8) is 0 Å². The molecule has 0 radical (unpaired) electrons. The SMILES string of the molecule is CN1CC(CO)=C(O)[C@H]2c3cccc4[nH]cc(c34)C[C@H]21. The fraction of sp³-hybridized carbons (Fsp3) is 0.375. The first-order valence-electron chi connectivity index (χ1n) is 7.01. The summed E-state index contributed by atoms with van der Waals surface area (Å²) in [5.74, 6) is 0.345. The minimum absolute atomic E-state index is 0.0251. The van der Waals surface area contributed by atoms with Crippen molar-refractivity contribution in [1.82, 2.24) is 9.88 Å². The van der Waals surface area contributed by atoms with E-state index in [1.807, 2.05) is 6.07 Å². The van der Waals surface area contributed by atoms with E-state index in [0.717, 1.165) is 17.5 Å². The first-order valence-corrected chi connectivity index (χ1v) is 7.01. The minimum atomic E-state index is -0.0740. The molecule has 2 aliphatic rings. The third-order valence-corrected chi connectivity index (χ3v) is 4.82. The maximum Gasteiger partial charge on any atom is 0.104 e. The summed E-state index contributed by atoms with van der Waals surface area (Å²) < 4.78 is 0. The third-order valence-electron chi connectivity index (χ3n) is 4.82. The number of aromatic nitrogens is 1. The van der Waals surface area contributed by atoms with Crippen LogP contribution in [0.25, 0.3) is 10.9 Å². The molecular weight excluding hydrogens is 252 g/mol. The Kier molecular flexibility index (Phi) is 2.46. The molecule has 0 saturated heterocycles. The zero-order valence-electron chi connectivity index (χ0n) is 11.4. The highest BCUT2D eigenvalue weighted by molar-refractivity contribution is 5.88. The topological polar surface area (TPSA) is 59.5 Å². The molecule has 0 amide bonds. The van der Waals surface area contributed by atoms with Crippen molar-refractivity contribution >= 4 is 10.9 Å². The molecule has 2 aromatic rings. The van der Waals surface area contributed by atoms with Gasteiger partial charge in [-0.2, -0.15) is 0 Å². The van der Waals surface area contributed by atoms with Crippen LogP contribution in [0.5, 0.6) is 0 Å². The highest BCUT2D eigenvalue weighted by Gasteiger charge is 2.40. The van der Waals surface area contributed by atoms with Gasteiger partial charge in [0.25, 0.3) is 0 Å². The van der Waals surface area contributed by atoms with Gasteiger partial charge in [0.1, 0.15) is 5.76 Å². The molecule has 104 valence electrons. The predicted molar refractivity (Wildman–Crippen MR) is 77.9 cm³/mol. The number of fused-ring (bicyclic) bond motifs is 2. The second-order valence-electron chi connectivity index (χ2n) is 5.89. The van der Waals surface area contributed by atoms with Crippen LogP contribution in [0, 0.1) is 0 Å². The number of likely N-dealkylation sites (N-methyl/N-ethyl adjacent to an activating group) is 1. The summed E-state index contributed by atoms with van der Waals surface area (Å²) in [6.45, 7) is 0.564. The summed E-state index contributed by atoms with van der Waals surface area (Å²) in [6.07, 6.45) is 3.02. The zero-order chi connectivity index (χ0) is 13.9. The van der Waals surface area contributed by atoms with Crippen LogP contribution in [0.3, 0.4) is 0 Å². The lowest BCUT2D eigenvalue weighted by Gasteiger charge is -2.42. The standard InChI is InChI=1S/C16H18N2O2/c1-18-7-10(8-19)16(20)15-11-3-2-4-12-14(11)9(6-17-12)5-13(15)18/h2-4,6,13,15,17,19-20H,5,7-8H2,1H3/t13-,15+/m1/s1. The number of aliphatic hydroxyl groups is 2. The van der Waals surface area contributed by atoms with E-state index in [2.05, 4.69) is 35.3 Å². The van der Waals surface area contributed by atoms with E-state index in [1.165, 1.54) is 16.5 Å². The molecule has 0 fully saturated rings. The number of H-pyrrole nitrogens is 1. The van der Waals surface area contributed by atoms with Gasteiger partial charge in [0.15, 0.2) is 0 Å². The average Bonchev–Trinajstić information content (AvgIpc) is 2.87. The molecule has 0 unspecified atom stereocenters. The molecule has 1 aliphatic carbocycles. The van der Waals surface area contributed by atoms with E-state index in [9.17, 15) is 10.2 Å². The van der Waals surface area contributed by atoms with Crippen molar-refractivity contribution in [1.29, 1.82) is 0 Å². The van der Waals surface area contributed by atoms with Crippen molar-refractivity contribution in [3.8, 4) is 0 Å². The van der Waals surface area contributed by atoms with Crippen molar-refractivity contribution in [2.45, 2.75) is 18.4 Å². The maximum atomic E-state index is 10.6. The van der Waals surface area contributed by atoms with E-state index in [0.29, 0.717) is 12.3 Å². The van der Waals surface area contributed by atoms with Crippen molar-refractivity contribution < 1.29 is 10.2 Å². The fourth-order valence-electron chi connectivity index (χ4n) is 3.85. The van der Waals surface area contributed by atoms with Gasteiger partial charge in [-0.3, -0.25) is 4.90 Å². The van der Waals surface area contributed by atoms with Crippen LogP contribution >= 0.6 is 0 Å². The van der Waals surface area contributed by atoms with Crippen LogP contribution < -0.4 is 0 Å². The number of hydrogen-bond donors (Lipinski definition) is 3. The van der Waals surface area contributed by atoms with Gasteiger partial charge in [0.2, 0.25) is 0 Å². The van der Waals surface area contributed by atoms with Crippen molar-refractivity contribution in [3.05, 3.63) is 46.9 Å². The number of nitrogens with zero attached hydrogens (tertiary/aromatic N) is 1. The average molecular weight is 270 g/mol. The lowest BCUT2D eigenvalue weighted by molar-refractivity contribution is 0.162. The minimum Gasteiger partial charge on any atom is -0.512 e. The maximum absolute atomic E-state index is 10.6. The Balaban J connectivity index is 1.99. The zero-order valence-corrected chi connectivity index (χ0v) is 11.4. The van der Waals surface area contributed by atoms with E-state index in [-0.39, 0.29) is 18.6 Å². The predicted octanol–water partition coefficient (Wildman–Crippen LogP) is 1.93. The number of benzene rings is 1. The van der Waals surface area contributed by atoms with Crippen molar-refractivity contribution in [2.24, 2.45) is 0 Å². The van der Waals surface area contributed by atoms with Crippen LogP contribution in [0.1, 0.15) is 17.0 Å². The van der Waals surface area contributed by atoms with Gasteiger partial charge in [-0.25, -0.2) is 0 Å². The van der Waals surface area contributed by atoms with Gasteiger partial charge >= 0.3 is 0 Å². The molecular formula is C16H18N2O2. The van der Waals surface area contributed by atoms with Crippen LogP contribution in [0.15, 0.2) is 35.7 Å². The number of rotatable bonds is 1. The van der Waals surface area contributed by atoms with Gasteiger partial charge in [-0.1, -0.05) is 12.1 Å². The Bertz CT molecular complexity index is 716. The van der Waals surface area contributed by atoms with E-state index >= 15 is 0 Å². The van der Waals surface area contributed by atoms with E-state index in [4.69, 9.17) is 0 Å². The summed E-state index contributed by atoms with van der Waals surface area (Å²) in [4.78, 5) is 5.56. The third kappa shape index (κ3) is 1.43. The normalized spacial score (nSPS) is 26.1. The smallest absolute Gasteiger partial charge is 0.104 e. The Labute approximate surface area is 117 Å². The molecule has 0 spiro atoms. The van der Waals surface area contributed by atoms with Gasteiger partial charge in [-0.05, 0) is 30.7 Å². The monoisotopic (exact) mass is 270 g/mol. The highest BCUT2D eigenvalue weighted by Crippen LogP contribution is 2.44. The van der Waals surface area contributed by atoms with Crippen molar-refractivity contribution in [2.75, 3.05) is 20.2 Å². The fourth-order valence-corrected chi connectivity index (χ4v) is 3.85. The lowest BCUT2D eigenvalue weighted by Crippen LogP contribution is -2.46. The summed E-state index contributed by atoms with van der Waals surface area (Å²) in [6, 6.07) is 6.46. The Morgan fingerprint density at radius 1 is 1.40 bits per heavy atom.